The van der Waals surface area contributed by atoms with Crippen LogP contribution in [-0.2, 0) is 0 Å². The Hall–Kier alpha value is -2.16. The molecule has 3 nitrogen and oxygen atoms in total. The smallest absolute Gasteiger partial charge is 0.0971 e. The van der Waals surface area contributed by atoms with Gasteiger partial charge in [0.05, 0.1) is 11.9 Å². The summed E-state index contributed by atoms with van der Waals surface area (Å²) in [5.74, 6) is 1.12. The molecule has 0 amide bonds. The molecule has 3 rings (SSSR count). The molecule has 0 radical (unpaired) electrons. The summed E-state index contributed by atoms with van der Waals surface area (Å²) in [5.41, 5.74) is 2.47. The molecule has 1 atom stereocenters. The Morgan fingerprint density at radius 1 is 0.947 bits per heavy atom. The standard InChI is InChI=1S/C16H17N3/c1-2-5-13(6-3-1)16(14-8-11-17-12-9-14)19-15-7-4-10-18-15/h1-3,5-6,8-9,11-12,16H,4,7,10H2,(H,18,19). The molecule has 0 bridgehead atoms. The molecule has 1 aliphatic rings. The van der Waals surface area contributed by atoms with Crippen molar-refractivity contribution in [3.05, 3.63) is 66.0 Å². The molecule has 1 aliphatic heterocycles. The fraction of sp³-hybridized carbons (Fsp3) is 0.250. The zero-order valence-electron chi connectivity index (χ0n) is 10.8. The van der Waals surface area contributed by atoms with Crippen molar-refractivity contribution >= 4 is 5.84 Å². The third kappa shape index (κ3) is 2.81. The van der Waals surface area contributed by atoms with Gasteiger partial charge in [-0.05, 0) is 29.7 Å². The minimum absolute atomic E-state index is 0.154. The van der Waals surface area contributed by atoms with Crippen LogP contribution in [0.3, 0.4) is 0 Å². The van der Waals surface area contributed by atoms with E-state index >= 15 is 0 Å². The van der Waals surface area contributed by atoms with Gasteiger partial charge in [0.25, 0.3) is 0 Å². The number of rotatable bonds is 3. The third-order valence-electron chi connectivity index (χ3n) is 3.36. The maximum Gasteiger partial charge on any atom is 0.0971 e. The van der Waals surface area contributed by atoms with E-state index in [0.29, 0.717) is 0 Å². The molecule has 1 unspecified atom stereocenters. The van der Waals surface area contributed by atoms with Crippen molar-refractivity contribution < 1.29 is 0 Å². The summed E-state index contributed by atoms with van der Waals surface area (Å²) in [5, 5.41) is 3.57. The van der Waals surface area contributed by atoms with E-state index in [1.807, 2.05) is 18.5 Å². The highest BCUT2D eigenvalue weighted by molar-refractivity contribution is 5.84. The lowest BCUT2D eigenvalue weighted by molar-refractivity contribution is 0.751. The van der Waals surface area contributed by atoms with E-state index in [0.717, 1.165) is 25.2 Å². The second-order valence-electron chi connectivity index (χ2n) is 4.70. The van der Waals surface area contributed by atoms with Crippen molar-refractivity contribution in [3.8, 4) is 0 Å². The van der Waals surface area contributed by atoms with Crippen LogP contribution >= 0.6 is 0 Å². The molecule has 0 spiro atoms. The van der Waals surface area contributed by atoms with Crippen LogP contribution in [0.4, 0.5) is 0 Å². The van der Waals surface area contributed by atoms with Crippen molar-refractivity contribution in [1.29, 1.82) is 0 Å². The lowest BCUT2D eigenvalue weighted by Crippen LogP contribution is -2.27. The van der Waals surface area contributed by atoms with E-state index in [1.54, 1.807) is 0 Å². The van der Waals surface area contributed by atoms with Crippen LogP contribution < -0.4 is 5.32 Å². The van der Waals surface area contributed by atoms with E-state index in [1.165, 1.54) is 11.1 Å². The van der Waals surface area contributed by atoms with Gasteiger partial charge in [-0.2, -0.15) is 0 Å². The first kappa shape index (κ1) is 11.9. The average Bonchev–Trinajstić information content (AvgIpc) is 3.00. The largest absolute Gasteiger partial charge is 0.363 e. The second-order valence-corrected chi connectivity index (χ2v) is 4.70. The minimum atomic E-state index is 0.154. The summed E-state index contributed by atoms with van der Waals surface area (Å²) >= 11 is 0. The molecule has 19 heavy (non-hydrogen) atoms. The molecular formula is C16H17N3. The van der Waals surface area contributed by atoms with Gasteiger partial charge in [0, 0.05) is 25.4 Å². The monoisotopic (exact) mass is 251 g/mol. The number of aromatic nitrogens is 1. The van der Waals surface area contributed by atoms with Crippen molar-refractivity contribution in [1.82, 2.24) is 10.3 Å². The van der Waals surface area contributed by atoms with Crippen molar-refractivity contribution in [3.63, 3.8) is 0 Å². The molecule has 1 aromatic heterocycles. The Morgan fingerprint density at radius 3 is 2.37 bits per heavy atom. The van der Waals surface area contributed by atoms with Crippen LogP contribution in [0, 0.1) is 0 Å². The minimum Gasteiger partial charge on any atom is -0.363 e. The number of amidine groups is 1. The Balaban J connectivity index is 1.91. The highest BCUT2D eigenvalue weighted by Crippen LogP contribution is 2.22. The molecule has 2 aromatic rings. The number of benzene rings is 1. The fourth-order valence-corrected chi connectivity index (χ4v) is 2.38. The number of nitrogens with one attached hydrogen (secondary N) is 1. The topological polar surface area (TPSA) is 37.3 Å². The van der Waals surface area contributed by atoms with Gasteiger partial charge >= 0.3 is 0 Å². The fourth-order valence-electron chi connectivity index (χ4n) is 2.38. The lowest BCUT2D eigenvalue weighted by Gasteiger charge is -2.20. The SMILES string of the molecule is c1ccc(C(NC2=NCCC2)c2ccncc2)cc1. The van der Waals surface area contributed by atoms with Crippen LogP contribution in [0.15, 0.2) is 59.9 Å². The number of aliphatic imine (C=N–C) groups is 1. The normalized spacial score (nSPS) is 15.9. The van der Waals surface area contributed by atoms with Crippen LogP contribution in [0.2, 0.25) is 0 Å². The quantitative estimate of drug-likeness (QED) is 0.910. The zero-order valence-corrected chi connectivity index (χ0v) is 10.8. The molecular weight excluding hydrogens is 234 g/mol. The van der Waals surface area contributed by atoms with Crippen LogP contribution in [0.5, 0.6) is 0 Å². The molecule has 1 N–H and O–H groups in total. The molecule has 1 aromatic carbocycles. The van der Waals surface area contributed by atoms with Gasteiger partial charge in [-0.3, -0.25) is 9.98 Å². The first-order valence-corrected chi connectivity index (χ1v) is 6.68. The number of pyridine rings is 1. The van der Waals surface area contributed by atoms with Crippen molar-refractivity contribution in [2.45, 2.75) is 18.9 Å². The van der Waals surface area contributed by atoms with E-state index in [9.17, 15) is 0 Å². The number of hydrogen-bond acceptors (Lipinski definition) is 3. The maximum atomic E-state index is 4.52. The summed E-state index contributed by atoms with van der Waals surface area (Å²) < 4.78 is 0. The first-order chi connectivity index (χ1) is 9.43. The number of nitrogens with zero attached hydrogens (tertiary/aromatic N) is 2. The predicted octanol–water partition coefficient (Wildman–Crippen LogP) is 2.95. The van der Waals surface area contributed by atoms with Gasteiger partial charge in [0.2, 0.25) is 0 Å². The highest BCUT2D eigenvalue weighted by atomic mass is 15.0. The van der Waals surface area contributed by atoms with Gasteiger partial charge in [-0.15, -0.1) is 0 Å². The molecule has 2 heterocycles. The van der Waals surface area contributed by atoms with Crippen LogP contribution in [-0.4, -0.2) is 17.4 Å². The molecule has 3 heteroatoms. The van der Waals surface area contributed by atoms with E-state index < -0.39 is 0 Å². The van der Waals surface area contributed by atoms with Gasteiger partial charge in [0.15, 0.2) is 0 Å². The van der Waals surface area contributed by atoms with Gasteiger partial charge in [-0.1, -0.05) is 30.3 Å². The Morgan fingerprint density at radius 2 is 1.68 bits per heavy atom. The predicted molar refractivity (Wildman–Crippen MR) is 77.2 cm³/mol. The summed E-state index contributed by atoms with van der Waals surface area (Å²) in [7, 11) is 0. The van der Waals surface area contributed by atoms with Crippen molar-refractivity contribution in [2.75, 3.05) is 6.54 Å². The first-order valence-electron chi connectivity index (χ1n) is 6.68. The summed E-state index contributed by atoms with van der Waals surface area (Å²) in [6, 6.07) is 14.7. The Kier molecular flexibility index (Phi) is 3.54. The van der Waals surface area contributed by atoms with E-state index in [2.05, 4.69) is 51.7 Å². The molecule has 0 saturated heterocycles. The van der Waals surface area contributed by atoms with Crippen LogP contribution in [0.1, 0.15) is 30.0 Å². The van der Waals surface area contributed by atoms with Gasteiger partial charge in [0.1, 0.15) is 0 Å². The van der Waals surface area contributed by atoms with Crippen LogP contribution in [0.25, 0.3) is 0 Å². The molecule has 0 fully saturated rings. The Bertz CT molecular complexity index is 509. The molecule has 0 aliphatic carbocycles. The maximum absolute atomic E-state index is 4.52. The highest BCUT2D eigenvalue weighted by Gasteiger charge is 2.16. The summed E-state index contributed by atoms with van der Waals surface area (Å²) in [6.45, 7) is 0.945. The Labute approximate surface area is 113 Å². The lowest BCUT2D eigenvalue weighted by atomic mass is 9.99. The molecule has 96 valence electrons. The van der Waals surface area contributed by atoms with Gasteiger partial charge < -0.3 is 5.32 Å². The zero-order chi connectivity index (χ0) is 12.9. The van der Waals surface area contributed by atoms with Gasteiger partial charge in [-0.25, -0.2) is 0 Å². The average molecular weight is 251 g/mol. The van der Waals surface area contributed by atoms with Crippen molar-refractivity contribution in [2.24, 2.45) is 4.99 Å². The number of hydrogen-bond donors (Lipinski definition) is 1. The molecule has 0 saturated carbocycles. The van der Waals surface area contributed by atoms with E-state index in [4.69, 9.17) is 0 Å². The third-order valence-corrected chi connectivity index (χ3v) is 3.36. The van der Waals surface area contributed by atoms with E-state index in [-0.39, 0.29) is 6.04 Å². The summed E-state index contributed by atoms with van der Waals surface area (Å²) in [6.07, 6.45) is 5.88. The second kappa shape index (κ2) is 5.65. The summed E-state index contributed by atoms with van der Waals surface area (Å²) in [4.78, 5) is 8.61.